The Bertz CT molecular complexity index is 1150. The zero-order valence-corrected chi connectivity index (χ0v) is 20.2. The molecule has 3 atom stereocenters. The van der Waals surface area contributed by atoms with Crippen LogP contribution in [0.15, 0.2) is 48.5 Å². The van der Waals surface area contributed by atoms with Crippen molar-refractivity contribution in [2.24, 2.45) is 5.73 Å². The Morgan fingerprint density at radius 2 is 1.34 bits per heavy atom. The number of carboxylic acids is 1. The first kappa shape index (κ1) is 31.8. The largest absolute Gasteiger partial charge is 0.480 e. The molecule has 0 saturated heterocycles. The minimum Gasteiger partial charge on any atom is -0.480 e. The van der Waals surface area contributed by atoms with Gasteiger partial charge < -0.3 is 26.6 Å². The highest BCUT2D eigenvalue weighted by Crippen LogP contribution is 2.08. The van der Waals surface area contributed by atoms with Crippen molar-refractivity contribution in [2.75, 3.05) is 6.54 Å². The van der Waals surface area contributed by atoms with Gasteiger partial charge in [0.05, 0.1) is 6.10 Å². The number of carboxylic acid groups (broad SMARTS) is 1. The van der Waals surface area contributed by atoms with Gasteiger partial charge in [-0.3, -0.25) is 19.6 Å². The van der Waals surface area contributed by atoms with E-state index in [2.05, 4.69) is 22.5 Å². The Balaban J connectivity index is 0.00000722. The van der Waals surface area contributed by atoms with Crippen LogP contribution in [-0.4, -0.2) is 63.8 Å². The number of carbonyl (C=O) groups excluding carboxylic acids is 3. The molecule has 0 aliphatic carbocycles. The lowest BCUT2D eigenvalue weighted by Gasteiger charge is -2.19. The smallest absolute Gasteiger partial charge is 0.326 e. The number of benzene rings is 2. The summed E-state index contributed by atoms with van der Waals surface area (Å²) < 4.78 is 0. The van der Waals surface area contributed by atoms with Crippen LogP contribution in [0.25, 0.3) is 0 Å². The first-order chi connectivity index (χ1) is 17.7. The minimum atomic E-state index is -1.33. The van der Waals surface area contributed by atoms with E-state index >= 15 is 0 Å². The van der Waals surface area contributed by atoms with Crippen LogP contribution >= 0.6 is 0 Å². The summed E-state index contributed by atoms with van der Waals surface area (Å²) in [4.78, 5) is 47.7. The fourth-order valence-electron chi connectivity index (χ4n) is 3.25. The molecule has 0 unspecified atom stereocenters. The van der Waals surface area contributed by atoms with Gasteiger partial charge in [0.25, 0.3) is 17.7 Å². The molecule has 0 aliphatic rings. The predicted octanol–water partition coefficient (Wildman–Crippen LogP) is 1.02. The van der Waals surface area contributed by atoms with E-state index in [1.54, 1.807) is 36.4 Å². The molecule has 0 radical (unpaired) electrons. The molecule has 38 heavy (non-hydrogen) atoms. The molecule has 0 bridgehead atoms. The molecule has 11 nitrogen and oxygen atoms in total. The monoisotopic (exact) mass is 526 g/mol. The van der Waals surface area contributed by atoms with Crippen molar-refractivity contribution >= 4 is 23.7 Å². The summed E-state index contributed by atoms with van der Waals surface area (Å²) in [6, 6.07) is 10.2. The molecule has 3 amide bonds. The van der Waals surface area contributed by atoms with E-state index in [4.69, 9.17) is 10.9 Å². The molecular formula is C27H34N4O7. The number of aliphatic hydroxyl groups is 1. The fourth-order valence-corrected chi connectivity index (χ4v) is 3.25. The van der Waals surface area contributed by atoms with Gasteiger partial charge in [0, 0.05) is 22.3 Å². The molecule has 0 fully saturated rings. The van der Waals surface area contributed by atoms with Crippen molar-refractivity contribution in [3.8, 4) is 11.8 Å². The molecule has 0 aromatic heterocycles. The summed E-state index contributed by atoms with van der Waals surface area (Å²) in [5.41, 5.74) is 8.56. The van der Waals surface area contributed by atoms with Gasteiger partial charge in [-0.1, -0.05) is 19.3 Å². The molecular weight excluding hydrogens is 492 g/mol. The quantitative estimate of drug-likeness (QED) is 0.0976. The molecule has 0 heterocycles. The Labute approximate surface area is 221 Å². The summed E-state index contributed by atoms with van der Waals surface area (Å²) in [7, 11) is 0. The fraction of sp³-hybridized carbons (Fsp3) is 0.333. The van der Waals surface area contributed by atoms with Gasteiger partial charge in [0.2, 0.25) is 0 Å². The lowest BCUT2D eigenvalue weighted by Crippen LogP contribution is -2.51. The van der Waals surface area contributed by atoms with E-state index in [0.29, 0.717) is 42.5 Å². The maximum atomic E-state index is 12.4. The van der Waals surface area contributed by atoms with Crippen molar-refractivity contribution in [3.63, 3.8) is 0 Å². The van der Waals surface area contributed by atoms with Crippen LogP contribution in [0.2, 0.25) is 0 Å². The first-order valence-electron chi connectivity index (χ1n) is 11.5. The number of unbranched alkanes of at least 4 members (excludes halogenated alkanes) is 1. The predicted molar refractivity (Wildman–Crippen MR) is 140 cm³/mol. The standard InChI is InChI=1S/C26H30N4O7.CH4/c1-16(31)22(25(34)30-37)29-24(33)20-13-9-18(10-14-20)6-5-17-7-11-19(12-8-17)23(32)28-21(26(35)36)4-2-3-15-27;/h7-14,16,21-22,31,37H,2-4,15,27H2,1H3,(H,28,32)(H,29,33)(H,30,34)(H,35,36);1H4/t16-,21+,22+;/m1./s1. The minimum absolute atomic E-state index is 0. The van der Waals surface area contributed by atoms with Crippen LogP contribution in [0.5, 0.6) is 0 Å². The maximum absolute atomic E-state index is 12.4. The topological polar surface area (TPSA) is 191 Å². The second kappa shape index (κ2) is 15.8. The second-order valence-corrected chi connectivity index (χ2v) is 8.22. The normalized spacial score (nSPS) is 12.4. The molecule has 2 aromatic rings. The van der Waals surface area contributed by atoms with Crippen molar-refractivity contribution in [1.82, 2.24) is 16.1 Å². The van der Waals surface area contributed by atoms with Crippen LogP contribution in [-0.2, 0) is 9.59 Å². The third-order valence-corrected chi connectivity index (χ3v) is 5.36. The van der Waals surface area contributed by atoms with Crippen LogP contribution in [0.1, 0.15) is 65.5 Å². The molecule has 2 aromatic carbocycles. The van der Waals surface area contributed by atoms with Crippen molar-refractivity contribution in [1.29, 1.82) is 0 Å². The van der Waals surface area contributed by atoms with Crippen LogP contribution < -0.4 is 21.8 Å². The highest BCUT2D eigenvalue weighted by molar-refractivity contribution is 5.98. The second-order valence-electron chi connectivity index (χ2n) is 8.22. The summed E-state index contributed by atoms with van der Waals surface area (Å²) in [6.45, 7) is 1.76. The van der Waals surface area contributed by atoms with Crippen molar-refractivity contribution in [3.05, 3.63) is 70.8 Å². The Hall–Kier alpha value is -4.24. The van der Waals surface area contributed by atoms with Gasteiger partial charge >= 0.3 is 5.97 Å². The average molecular weight is 527 g/mol. The van der Waals surface area contributed by atoms with E-state index in [1.807, 2.05) is 0 Å². The number of hydroxylamine groups is 1. The Kier molecular flexibility index (Phi) is 13.2. The van der Waals surface area contributed by atoms with Crippen LogP contribution in [0, 0.1) is 11.8 Å². The van der Waals surface area contributed by atoms with E-state index in [-0.39, 0.29) is 13.0 Å². The van der Waals surface area contributed by atoms with Gasteiger partial charge in [-0.15, -0.1) is 0 Å². The third-order valence-electron chi connectivity index (χ3n) is 5.36. The Morgan fingerprint density at radius 1 is 0.868 bits per heavy atom. The number of hydrogen-bond donors (Lipinski definition) is 7. The SMILES string of the molecule is C.C[C@@H](O)[C@H](NC(=O)c1ccc(C#Cc2ccc(C(=O)N[C@@H](CCCCN)C(=O)O)cc2)cc1)C(=O)NO. The van der Waals surface area contributed by atoms with E-state index < -0.39 is 41.9 Å². The lowest BCUT2D eigenvalue weighted by atomic mass is 10.1. The first-order valence-corrected chi connectivity index (χ1v) is 11.5. The number of hydrogen-bond acceptors (Lipinski definition) is 7. The summed E-state index contributed by atoms with van der Waals surface area (Å²) in [5.74, 6) is 2.70. The number of nitrogens with two attached hydrogens (primary N) is 1. The summed E-state index contributed by atoms with van der Waals surface area (Å²) in [6.07, 6.45) is 0.340. The van der Waals surface area contributed by atoms with E-state index in [1.165, 1.54) is 24.5 Å². The lowest BCUT2D eigenvalue weighted by molar-refractivity contribution is -0.139. The van der Waals surface area contributed by atoms with Crippen LogP contribution in [0.3, 0.4) is 0 Å². The van der Waals surface area contributed by atoms with E-state index in [0.717, 1.165) is 0 Å². The van der Waals surface area contributed by atoms with Gasteiger partial charge in [-0.25, -0.2) is 10.3 Å². The number of rotatable bonds is 11. The maximum Gasteiger partial charge on any atom is 0.326 e. The molecule has 204 valence electrons. The third kappa shape index (κ3) is 9.67. The summed E-state index contributed by atoms with van der Waals surface area (Å²) in [5, 5.41) is 32.5. The number of amides is 3. The van der Waals surface area contributed by atoms with Crippen LogP contribution in [0.4, 0.5) is 0 Å². The van der Waals surface area contributed by atoms with Crippen molar-refractivity contribution in [2.45, 2.75) is 51.8 Å². The molecule has 0 aliphatic heterocycles. The van der Waals surface area contributed by atoms with Gasteiger partial charge in [0.15, 0.2) is 0 Å². The molecule has 11 heteroatoms. The number of aliphatic hydroxyl groups excluding tert-OH is 1. The summed E-state index contributed by atoms with van der Waals surface area (Å²) >= 11 is 0. The van der Waals surface area contributed by atoms with Gasteiger partial charge in [0.1, 0.15) is 12.1 Å². The highest BCUT2D eigenvalue weighted by atomic mass is 16.5. The molecule has 2 rings (SSSR count). The zero-order chi connectivity index (χ0) is 27.4. The number of carbonyl (C=O) groups is 4. The molecule has 0 spiro atoms. The molecule has 8 N–H and O–H groups in total. The zero-order valence-electron chi connectivity index (χ0n) is 20.2. The average Bonchev–Trinajstić information content (AvgIpc) is 2.89. The number of aliphatic carboxylic acids is 1. The van der Waals surface area contributed by atoms with Gasteiger partial charge in [-0.2, -0.15) is 0 Å². The number of nitrogens with one attached hydrogen (secondary N) is 3. The van der Waals surface area contributed by atoms with Crippen molar-refractivity contribution < 1.29 is 34.6 Å². The molecule has 0 saturated carbocycles. The Morgan fingerprint density at radius 3 is 1.74 bits per heavy atom. The van der Waals surface area contributed by atoms with E-state index in [9.17, 15) is 29.4 Å². The van der Waals surface area contributed by atoms with Gasteiger partial charge in [-0.05, 0) is 81.3 Å². The highest BCUT2D eigenvalue weighted by Gasteiger charge is 2.25.